The number of carbonyl (C=O) groups excluding carboxylic acids is 3. The van der Waals surface area contributed by atoms with Gasteiger partial charge < -0.3 is 14.8 Å². The summed E-state index contributed by atoms with van der Waals surface area (Å²) in [4.78, 5) is 44.1. The summed E-state index contributed by atoms with van der Waals surface area (Å²) in [6.07, 6.45) is 1.48. The molecule has 0 radical (unpaired) electrons. The summed E-state index contributed by atoms with van der Waals surface area (Å²) in [7, 11) is 1.58. The molecule has 0 saturated heterocycles. The minimum absolute atomic E-state index is 0.202. The molecular formula is C25H23N3O5. The molecule has 4 rings (SSSR count). The summed E-state index contributed by atoms with van der Waals surface area (Å²) in [5.74, 6) is -0.849. The topological polar surface area (TPSA) is 97.8 Å². The Hall–Kier alpha value is -4.04. The first-order valence-corrected chi connectivity index (χ1v) is 10.4. The van der Waals surface area contributed by atoms with Gasteiger partial charge in [0.1, 0.15) is 6.61 Å². The van der Waals surface area contributed by atoms with Gasteiger partial charge in [0.15, 0.2) is 0 Å². The first-order valence-electron chi connectivity index (χ1n) is 10.4. The molecule has 2 heterocycles. The van der Waals surface area contributed by atoms with Gasteiger partial charge >= 0.3 is 0 Å². The van der Waals surface area contributed by atoms with Gasteiger partial charge in [-0.3, -0.25) is 14.4 Å². The number of aromatic nitrogens is 1. The minimum Gasteiger partial charge on any atom is -0.475 e. The van der Waals surface area contributed by atoms with E-state index in [9.17, 15) is 14.4 Å². The molecule has 0 bridgehead atoms. The normalized spacial score (nSPS) is 12.6. The number of ether oxygens (including phenoxy) is 2. The van der Waals surface area contributed by atoms with Crippen LogP contribution in [0.4, 0.5) is 11.4 Å². The number of amides is 3. The van der Waals surface area contributed by atoms with Crippen LogP contribution in [0.2, 0.25) is 0 Å². The predicted octanol–water partition coefficient (Wildman–Crippen LogP) is 3.78. The van der Waals surface area contributed by atoms with E-state index in [4.69, 9.17) is 9.47 Å². The number of nitrogens with zero attached hydrogens (tertiary/aromatic N) is 2. The third kappa shape index (κ3) is 4.47. The van der Waals surface area contributed by atoms with E-state index in [1.807, 2.05) is 26.0 Å². The molecule has 1 aromatic heterocycles. The Morgan fingerprint density at radius 1 is 0.970 bits per heavy atom. The number of benzene rings is 2. The molecule has 2 aromatic carbocycles. The number of fused-ring (bicyclic) bond motifs is 1. The van der Waals surface area contributed by atoms with Crippen LogP contribution in [-0.4, -0.2) is 43.0 Å². The Labute approximate surface area is 191 Å². The van der Waals surface area contributed by atoms with Crippen LogP contribution in [0.3, 0.4) is 0 Å². The highest BCUT2D eigenvalue weighted by atomic mass is 16.5. The van der Waals surface area contributed by atoms with Gasteiger partial charge in [-0.2, -0.15) is 0 Å². The number of anilines is 2. The molecule has 0 saturated carbocycles. The van der Waals surface area contributed by atoms with E-state index < -0.39 is 17.7 Å². The SMILES string of the molecule is COCCOc1ccc(NC(=O)c2ccc3c(c2)C(=O)N(c2cc(C)ccc2C)C3=O)cn1. The monoisotopic (exact) mass is 445 g/mol. The molecule has 3 aromatic rings. The highest BCUT2D eigenvalue weighted by molar-refractivity contribution is 6.35. The maximum Gasteiger partial charge on any atom is 0.266 e. The van der Waals surface area contributed by atoms with Gasteiger partial charge in [0.05, 0.1) is 35.3 Å². The van der Waals surface area contributed by atoms with Gasteiger partial charge in [-0.15, -0.1) is 0 Å². The van der Waals surface area contributed by atoms with Gasteiger partial charge in [-0.25, -0.2) is 9.88 Å². The maximum atomic E-state index is 13.1. The number of hydrogen-bond acceptors (Lipinski definition) is 6. The molecule has 8 nitrogen and oxygen atoms in total. The van der Waals surface area contributed by atoms with Crippen LogP contribution in [0.5, 0.6) is 5.88 Å². The minimum atomic E-state index is -0.447. The lowest BCUT2D eigenvalue weighted by atomic mass is 10.1. The Bertz CT molecular complexity index is 1240. The van der Waals surface area contributed by atoms with E-state index in [1.54, 1.807) is 25.3 Å². The van der Waals surface area contributed by atoms with Gasteiger partial charge in [0.25, 0.3) is 17.7 Å². The van der Waals surface area contributed by atoms with Gasteiger partial charge in [-0.1, -0.05) is 12.1 Å². The highest BCUT2D eigenvalue weighted by Crippen LogP contribution is 2.32. The second-order valence-electron chi connectivity index (χ2n) is 7.68. The second kappa shape index (κ2) is 9.22. The molecule has 33 heavy (non-hydrogen) atoms. The fourth-order valence-corrected chi connectivity index (χ4v) is 3.53. The maximum absolute atomic E-state index is 13.1. The van der Waals surface area contributed by atoms with Crippen molar-refractivity contribution < 1.29 is 23.9 Å². The zero-order chi connectivity index (χ0) is 23.5. The summed E-state index contributed by atoms with van der Waals surface area (Å²) in [6.45, 7) is 4.56. The molecule has 0 aliphatic carbocycles. The van der Waals surface area contributed by atoms with Crippen molar-refractivity contribution in [2.24, 2.45) is 0 Å². The van der Waals surface area contributed by atoms with E-state index in [1.165, 1.54) is 29.3 Å². The summed E-state index contributed by atoms with van der Waals surface area (Å²) >= 11 is 0. The van der Waals surface area contributed by atoms with Crippen molar-refractivity contribution in [2.45, 2.75) is 13.8 Å². The number of methoxy groups -OCH3 is 1. The fourth-order valence-electron chi connectivity index (χ4n) is 3.53. The molecule has 3 amide bonds. The van der Waals surface area contributed by atoms with Gasteiger partial charge in [-0.05, 0) is 55.3 Å². The first kappa shape index (κ1) is 22.2. The van der Waals surface area contributed by atoms with E-state index in [-0.39, 0.29) is 16.7 Å². The van der Waals surface area contributed by atoms with Crippen molar-refractivity contribution in [1.82, 2.24) is 4.98 Å². The zero-order valence-electron chi connectivity index (χ0n) is 18.5. The molecule has 1 N–H and O–H groups in total. The lowest BCUT2D eigenvalue weighted by molar-refractivity contribution is 0.0925. The second-order valence-corrected chi connectivity index (χ2v) is 7.68. The molecule has 168 valence electrons. The smallest absolute Gasteiger partial charge is 0.266 e. The average molecular weight is 445 g/mol. The predicted molar refractivity (Wildman–Crippen MR) is 123 cm³/mol. The Kier molecular flexibility index (Phi) is 6.19. The number of carbonyl (C=O) groups is 3. The third-order valence-corrected chi connectivity index (χ3v) is 5.29. The van der Waals surface area contributed by atoms with Crippen molar-refractivity contribution in [1.29, 1.82) is 0 Å². The summed E-state index contributed by atoms with van der Waals surface area (Å²) in [6, 6.07) is 13.4. The van der Waals surface area contributed by atoms with Gasteiger partial charge in [0, 0.05) is 18.7 Å². The number of pyridine rings is 1. The lowest BCUT2D eigenvalue weighted by Crippen LogP contribution is -2.30. The van der Waals surface area contributed by atoms with Crippen molar-refractivity contribution in [2.75, 3.05) is 30.5 Å². The molecule has 0 unspecified atom stereocenters. The van der Waals surface area contributed by atoms with Crippen LogP contribution >= 0.6 is 0 Å². The van der Waals surface area contributed by atoms with Crippen molar-refractivity contribution in [3.8, 4) is 5.88 Å². The lowest BCUT2D eigenvalue weighted by Gasteiger charge is -2.17. The van der Waals surface area contributed by atoms with Crippen LogP contribution in [-0.2, 0) is 4.74 Å². The Morgan fingerprint density at radius 3 is 2.48 bits per heavy atom. The third-order valence-electron chi connectivity index (χ3n) is 5.29. The number of aryl methyl sites for hydroxylation is 2. The van der Waals surface area contributed by atoms with E-state index in [2.05, 4.69) is 10.3 Å². The molecule has 0 fully saturated rings. The van der Waals surface area contributed by atoms with Crippen LogP contribution in [0.15, 0.2) is 54.7 Å². The van der Waals surface area contributed by atoms with E-state index in [0.29, 0.717) is 30.5 Å². The van der Waals surface area contributed by atoms with Gasteiger partial charge in [0.2, 0.25) is 5.88 Å². The summed E-state index contributed by atoms with van der Waals surface area (Å²) < 4.78 is 10.3. The largest absolute Gasteiger partial charge is 0.475 e. The summed E-state index contributed by atoms with van der Waals surface area (Å²) in [5, 5.41) is 2.74. The fraction of sp³-hybridized carbons (Fsp3) is 0.200. The quantitative estimate of drug-likeness (QED) is 0.439. The van der Waals surface area contributed by atoms with Crippen LogP contribution in [0, 0.1) is 13.8 Å². The van der Waals surface area contributed by atoms with Crippen molar-refractivity contribution >= 4 is 29.1 Å². The highest BCUT2D eigenvalue weighted by Gasteiger charge is 2.37. The van der Waals surface area contributed by atoms with E-state index >= 15 is 0 Å². The van der Waals surface area contributed by atoms with Crippen LogP contribution in [0.1, 0.15) is 42.2 Å². The first-order chi connectivity index (χ1) is 15.9. The molecule has 1 aliphatic rings. The van der Waals surface area contributed by atoms with Crippen LogP contribution in [0.25, 0.3) is 0 Å². The van der Waals surface area contributed by atoms with Crippen molar-refractivity contribution in [3.05, 3.63) is 82.5 Å². The summed E-state index contributed by atoms with van der Waals surface area (Å²) in [5.41, 5.74) is 3.51. The molecule has 1 aliphatic heterocycles. The van der Waals surface area contributed by atoms with Crippen molar-refractivity contribution in [3.63, 3.8) is 0 Å². The number of hydrogen-bond donors (Lipinski definition) is 1. The number of nitrogens with one attached hydrogen (secondary N) is 1. The van der Waals surface area contributed by atoms with E-state index in [0.717, 1.165) is 11.1 Å². The average Bonchev–Trinajstić information content (AvgIpc) is 3.06. The van der Waals surface area contributed by atoms with Crippen LogP contribution < -0.4 is 15.0 Å². The number of rotatable bonds is 7. The Morgan fingerprint density at radius 2 is 1.76 bits per heavy atom. The molecule has 8 heteroatoms. The standard InChI is InChI=1S/C25H23N3O5/c1-15-4-5-16(2)21(12-15)28-24(30)19-8-6-17(13-20(19)25(28)31)23(29)27-18-7-9-22(26-14-18)33-11-10-32-3/h4-9,12-14H,10-11H2,1-3H3,(H,27,29). The molecular weight excluding hydrogens is 422 g/mol. The Balaban J connectivity index is 1.52. The molecule has 0 atom stereocenters. The molecule has 0 spiro atoms. The number of imide groups is 1. The zero-order valence-corrected chi connectivity index (χ0v) is 18.5.